The van der Waals surface area contributed by atoms with Gasteiger partial charge in [-0.15, -0.1) is 0 Å². The summed E-state index contributed by atoms with van der Waals surface area (Å²) in [5, 5.41) is 3.89. The largest absolute Gasteiger partial charge is 0.294 e. The summed E-state index contributed by atoms with van der Waals surface area (Å²) in [6, 6.07) is 1.92. The zero-order chi connectivity index (χ0) is 7.40. The van der Waals surface area contributed by atoms with Gasteiger partial charge in [-0.25, -0.2) is 0 Å². The fourth-order valence-electron chi connectivity index (χ4n) is 0.548. The van der Waals surface area contributed by atoms with E-state index in [0.717, 1.165) is 5.56 Å². The Labute approximate surface area is 64.0 Å². The van der Waals surface area contributed by atoms with Gasteiger partial charge in [-0.2, -0.15) is 11.3 Å². The Bertz CT molecular complexity index is 234. The van der Waals surface area contributed by atoms with Gasteiger partial charge >= 0.3 is 0 Å². The summed E-state index contributed by atoms with van der Waals surface area (Å²) in [7, 11) is 0. The van der Waals surface area contributed by atoms with Crippen molar-refractivity contribution in [1.29, 1.82) is 0 Å². The highest BCUT2D eigenvalue weighted by Gasteiger charge is 1.85. The summed E-state index contributed by atoms with van der Waals surface area (Å²) in [6.07, 6.45) is 3.04. The molecule has 1 nitrogen and oxygen atoms in total. The molecule has 0 amide bonds. The second-order valence-corrected chi connectivity index (χ2v) is 2.57. The molecule has 0 aliphatic heterocycles. The maximum atomic E-state index is 10.2. The lowest BCUT2D eigenvalue weighted by molar-refractivity contribution is -0.110. The predicted octanol–water partition coefficient (Wildman–Crippen LogP) is 2.04. The van der Waals surface area contributed by atoms with Crippen molar-refractivity contribution < 1.29 is 4.79 Å². The summed E-state index contributed by atoms with van der Waals surface area (Å²) in [5.41, 5.74) is 1.02. The van der Waals surface area contributed by atoms with Crippen molar-refractivity contribution in [2.45, 2.75) is 0 Å². The lowest BCUT2D eigenvalue weighted by Crippen LogP contribution is -1.78. The number of rotatable bonds is 2. The molecule has 1 aromatic rings. The van der Waals surface area contributed by atoms with Crippen molar-refractivity contribution in [2.24, 2.45) is 0 Å². The summed E-state index contributed by atoms with van der Waals surface area (Å²) >= 11 is 1.59. The van der Waals surface area contributed by atoms with Gasteiger partial charge in [-0.3, -0.25) is 4.79 Å². The molecule has 0 fully saturated rings. The standard InChI is InChI=1S/C8H6OS/c1-7(9)2-3-8-4-5-10-6-8/h1-6H/b3-2+. The Hall–Kier alpha value is -0.890. The van der Waals surface area contributed by atoms with Crippen LogP contribution < -0.4 is 0 Å². The Morgan fingerprint density at radius 3 is 3.00 bits per heavy atom. The summed E-state index contributed by atoms with van der Waals surface area (Å²) < 4.78 is 0. The van der Waals surface area contributed by atoms with E-state index in [1.54, 1.807) is 17.4 Å². The minimum atomic E-state index is -0.411. The first kappa shape index (κ1) is 7.22. The highest BCUT2D eigenvalue weighted by molar-refractivity contribution is 7.08. The van der Waals surface area contributed by atoms with E-state index in [9.17, 15) is 4.79 Å². The van der Waals surface area contributed by atoms with Gasteiger partial charge in [0.05, 0.1) is 0 Å². The summed E-state index contributed by atoms with van der Waals surface area (Å²) in [5.74, 6) is -0.411. The fourth-order valence-corrected chi connectivity index (χ4v) is 1.18. The van der Waals surface area contributed by atoms with Crippen molar-refractivity contribution in [2.75, 3.05) is 0 Å². The van der Waals surface area contributed by atoms with Gasteiger partial charge in [-0.1, -0.05) is 6.08 Å². The molecule has 50 valence electrons. The van der Waals surface area contributed by atoms with Crippen LogP contribution in [0.25, 0.3) is 6.08 Å². The molecule has 0 spiro atoms. The molecule has 2 radical (unpaired) electrons. The molecular formula is C8H6OS. The third-order valence-electron chi connectivity index (χ3n) is 0.983. The summed E-state index contributed by atoms with van der Waals surface area (Å²) in [6.45, 7) is 4.89. The van der Waals surface area contributed by atoms with Gasteiger partial charge in [-0.05, 0) is 28.5 Å². The first-order valence-electron chi connectivity index (χ1n) is 2.79. The van der Waals surface area contributed by atoms with Crippen molar-refractivity contribution >= 4 is 23.2 Å². The Balaban J connectivity index is 2.64. The van der Waals surface area contributed by atoms with Crippen LogP contribution in [0, 0.1) is 6.92 Å². The molecule has 0 aliphatic carbocycles. The third-order valence-corrected chi connectivity index (χ3v) is 1.68. The minimum absolute atomic E-state index is 0.411. The molecule has 1 rings (SSSR count). The Kier molecular flexibility index (Phi) is 2.40. The van der Waals surface area contributed by atoms with Gasteiger partial charge in [0.25, 0.3) is 0 Å². The van der Waals surface area contributed by atoms with E-state index in [-0.39, 0.29) is 0 Å². The molecule has 1 aromatic heterocycles. The van der Waals surface area contributed by atoms with Gasteiger partial charge in [0, 0.05) is 6.92 Å². The zero-order valence-electron chi connectivity index (χ0n) is 5.28. The van der Waals surface area contributed by atoms with E-state index < -0.39 is 5.78 Å². The second kappa shape index (κ2) is 3.32. The molecule has 0 saturated carbocycles. The van der Waals surface area contributed by atoms with E-state index in [1.807, 2.05) is 16.8 Å². The van der Waals surface area contributed by atoms with E-state index in [4.69, 9.17) is 6.92 Å². The monoisotopic (exact) mass is 150 g/mol. The van der Waals surface area contributed by atoms with Gasteiger partial charge in [0.15, 0.2) is 5.78 Å². The molecule has 0 bridgehead atoms. The quantitative estimate of drug-likeness (QED) is 0.589. The Morgan fingerprint density at radius 2 is 2.50 bits per heavy atom. The highest BCUT2D eigenvalue weighted by atomic mass is 32.1. The van der Waals surface area contributed by atoms with Crippen LogP contribution in [0.2, 0.25) is 0 Å². The van der Waals surface area contributed by atoms with Crippen LogP contribution in [0.1, 0.15) is 5.56 Å². The molecule has 10 heavy (non-hydrogen) atoms. The molecule has 2 heteroatoms. The van der Waals surface area contributed by atoms with E-state index in [2.05, 4.69) is 0 Å². The van der Waals surface area contributed by atoms with E-state index in [0.29, 0.717) is 0 Å². The van der Waals surface area contributed by atoms with Gasteiger partial charge in [0.2, 0.25) is 0 Å². The Morgan fingerprint density at radius 1 is 1.70 bits per heavy atom. The molecule has 0 aromatic carbocycles. The van der Waals surface area contributed by atoms with Crippen LogP contribution in [0.4, 0.5) is 0 Å². The number of hydrogen-bond donors (Lipinski definition) is 0. The van der Waals surface area contributed by atoms with Crippen LogP contribution in [0.15, 0.2) is 22.9 Å². The van der Waals surface area contributed by atoms with Crippen molar-refractivity contribution in [3.05, 3.63) is 35.4 Å². The molecule has 0 N–H and O–H groups in total. The lowest BCUT2D eigenvalue weighted by Gasteiger charge is -1.79. The molecule has 1 heterocycles. The number of allylic oxidation sites excluding steroid dienone is 1. The topological polar surface area (TPSA) is 17.1 Å². The molecule has 0 unspecified atom stereocenters. The molecule has 0 aliphatic rings. The number of thiophene rings is 1. The van der Waals surface area contributed by atoms with Crippen molar-refractivity contribution in [3.63, 3.8) is 0 Å². The normalized spacial score (nSPS) is 10.5. The molecule has 0 atom stereocenters. The average Bonchev–Trinajstić information content (AvgIpc) is 2.34. The van der Waals surface area contributed by atoms with Gasteiger partial charge < -0.3 is 0 Å². The smallest absolute Gasteiger partial charge is 0.160 e. The lowest BCUT2D eigenvalue weighted by atomic mass is 10.3. The molecule has 0 saturated heterocycles. The van der Waals surface area contributed by atoms with E-state index in [1.165, 1.54) is 6.08 Å². The van der Waals surface area contributed by atoms with Crippen LogP contribution >= 0.6 is 11.3 Å². The van der Waals surface area contributed by atoms with Crippen molar-refractivity contribution in [3.8, 4) is 0 Å². The maximum Gasteiger partial charge on any atom is 0.160 e. The highest BCUT2D eigenvalue weighted by Crippen LogP contribution is 2.07. The minimum Gasteiger partial charge on any atom is -0.294 e. The number of carbonyl (C=O) groups excluding carboxylic acids is 1. The SMILES string of the molecule is [CH]C(=O)/C=C/c1ccsc1. The second-order valence-electron chi connectivity index (χ2n) is 1.79. The van der Waals surface area contributed by atoms with Crippen LogP contribution in [-0.4, -0.2) is 5.78 Å². The number of carbonyl (C=O) groups is 1. The summed E-state index contributed by atoms with van der Waals surface area (Å²) in [4.78, 5) is 10.2. The zero-order valence-corrected chi connectivity index (χ0v) is 6.10. The van der Waals surface area contributed by atoms with Gasteiger partial charge in [0.1, 0.15) is 0 Å². The number of ketones is 1. The number of hydrogen-bond acceptors (Lipinski definition) is 2. The third kappa shape index (κ3) is 2.15. The molecular weight excluding hydrogens is 144 g/mol. The predicted molar refractivity (Wildman–Crippen MR) is 42.7 cm³/mol. The maximum absolute atomic E-state index is 10.2. The van der Waals surface area contributed by atoms with Crippen LogP contribution in [0.3, 0.4) is 0 Å². The first-order chi connectivity index (χ1) is 4.79. The fraction of sp³-hybridized carbons (Fsp3) is 0. The van der Waals surface area contributed by atoms with Crippen LogP contribution in [0.5, 0.6) is 0 Å². The van der Waals surface area contributed by atoms with E-state index >= 15 is 0 Å². The first-order valence-corrected chi connectivity index (χ1v) is 3.73. The average molecular weight is 150 g/mol. The van der Waals surface area contributed by atoms with Crippen LogP contribution in [-0.2, 0) is 4.79 Å². The van der Waals surface area contributed by atoms with Crippen molar-refractivity contribution in [1.82, 2.24) is 0 Å².